The van der Waals surface area contributed by atoms with E-state index in [2.05, 4.69) is 34.8 Å². The lowest BCUT2D eigenvalue weighted by Gasteiger charge is -2.31. The number of ether oxygens (including phenoxy) is 1. The highest BCUT2D eigenvalue weighted by Gasteiger charge is 2.30. The quantitative estimate of drug-likeness (QED) is 0.840. The van der Waals surface area contributed by atoms with E-state index in [9.17, 15) is 5.11 Å². The molecule has 3 N–H and O–H groups in total. The minimum absolute atomic E-state index is 0.274. The summed E-state index contributed by atoms with van der Waals surface area (Å²) in [6.45, 7) is 5.95. The van der Waals surface area contributed by atoms with Crippen LogP contribution < -0.4 is 10.5 Å². The molecule has 1 aromatic heterocycles. The highest BCUT2D eigenvalue weighted by molar-refractivity contribution is 9.10. The van der Waals surface area contributed by atoms with E-state index in [0.717, 1.165) is 16.6 Å². The molecule has 1 aromatic rings. The number of hydrogen-bond acceptors (Lipinski definition) is 4. The predicted molar refractivity (Wildman–Crippen MR) is 80.2 cm³/mol. The maximum Gasteiger partial charge on any atom is 0.136 e. The van der Waals surface area contributed by atoms with Crippen molar-refractivity contribution in [3.8, 4) is 5.75 Å². The van der Waals surface area contributed by atoms with Crippen LogP contribution in [0, 0.1) is 5.92 Å². The molecule has 5 heteroatoms. The average Bonchev–Trinajstić information content (AvgIpc) is 2.30. The number of rotatable bonds is 6. The van der Waals surface area contributed by atoms with Crippen LogP contribution in [0.1, 0.15) is 32.9 Å². The molecule has 1 unspecified atom stereocenters. The summed E-state index contributed by atoms with van der Waals surface area (Å²) in [5.41, 5.74) is 5.87. The molecular formula is C14H23BrN2O2. The summed E-state index contributed by atoms with van der Waals surface area (Å²) in [7, 11) is 1.60. The smallest absolute Gasteiger partial charge is 0.136 e. The van der Waals surface area contributed by atoms with Gasteiger partial charge in [0.05, 0.1) is 17.2 Å². The zero-order chi connectivity index (χ0) is 14.6. The van der Waals surface area contributed by atoms with Gasteiger partial charge >= 0.3 is 0 Å². The first-order valence-electron chi connectivity index (χ1n) is 6.42. The highest BCUT2D eigenvalue weighted by atomic mass is 79.9. The molecule has 4 nitrogen and oxygen atoms in total. The van der Waals surface area contributed by atoms with E-state index in [-0.39, 0.29) is 6.04 Å². The molecule has 0 spiro atoms. The minimum atomic E-state index is -0.976. The normalized spacial score (nSPS) is 16.2. The van der Waals surface area contributed by atoms with Crippen LogP contribution in [0.3, 0.4) is 0 Å². The van der Waals surface area contributed by atoms with Gasteiger partial charge in [0, 0.05) is 30.4 Å². The van der Waals surface area contributed by atoms with E-state index in [1.165, 1.54) is 0 Å². The van der Waals surface area contributed by atoms with Crippen molar-refractivity contribution in [2.45, 2.75) is 45.3 Å². The van der Waals surface area contributed by atoms with E-state index < -0.39 is 5.60 Å². The Kier molecular flexibility index (Phi) is 5.77. The van der Waals surface area contributed by atoms with Gasteiger partial charge in [-0.15, -0.1) is 0 Å². The number of hydrogen-bond donors (Lipinski definition) is 2. The van der Waals surface area contributed by atoms with Gasteiger partial charge in [0.25, 0.3) is 0 Å². The second kappa shape index (κ2) is 6.68. The van der Waals surface area contributed by atoms with Gasteiger partial charge in [-0.25, -0.2) is 0 Å². The summed E-state index contributed by atoms with van der Waals surface area (Å²) >= 11 is 3.36. The lowest BCUT2D eigenvalue weighted by Crippen LogP contribution is -2.48. The number of methoxy groups -OCH3 is 1. The van der Waals surface area contributed by atoms with Crippen molar-refractivity contribution < 1.29 is 9.84 Å². The van der Waals surface area contributed by atoms with Crippen molar-refractivity contribution in [3.63, 3.8) is 0 Å². The Morgan fingerprint density at radius 3 is 2.68 bits per heavy atom. The van der Waals surface area contributed by atoms with Crippen LogP contribution in [0.15, 0.2) is 16.7 Å². The second-order valence-corrected chi connectivity index (χ2v) is 6.43. The standard InChI is InChI=1S/C14H23BrN2O2/c1-9(2)5-13(16)14(3,18)7-10-6-12(19-4)11(15)8-17-10/h6,8-9,13,18H,5,7,16H2,1-4H3/t13-,14?/m0/s1. The van der Waals surface area contributed by atoms with Crippen LogP contribution >= 0.6 is 15.9 Å². The Labute approximate surface area is 123 Å². The van der Waals surface area contributed by atoms with Gasteiger partial charge in [0.2, 0.25) is 0 Å². The van der Waals surface area contributed by atoms with Crippen molar-refractivity contribution in [1.82, 2.24) is 4.98 Å². The number of pyridine rings is 1. The average molecular weight is 331 g/mol. The monoisotopic (exact) mass is 330 g/mol. The van der Waals surface area contributed by atoms with E-state index in [4.69, 9.17) is 10.5 Å². The van der Waals surface area contributed by atoms with Gasteiger partial charge in [-0.3, -0.25) is 4.98 Å². The van der Waals surface area contributed by atoms with Gasteiger partial charge in [0.15, 0.2) is 0 Å². The first-order chi connectivity index (χ1) is 8.76. The number of nitrogens with two attached hydrogens (primary N) is 1. The molecule has 0 amide bonds. The fourth-order valence-corrected chi connectivity index (χ4v) is 2.35. The molecule has 0 aliphatic rings. The first kappa shape index (κ1) is 16.4. The fraction of sp³-hybridized carbons (Fsp3) is 0.643. The van der Waals surface area contributed by atoms with Crippen molar-refractivity contribution in [2.24, 2.45) is 11.7 Å². The van der Waals surface area contributed by atoms with Gasteiger partial charge < -0.3 is 15.6 Å². The molecule has 0 fully saturated rings. The summed E-state index contributed by atoms with van der Waals surface area (Å²) in [6.07, 6.45) is 2.86. The number of aliphatic hydroxyl groups is 1. The van der Waals surface area contributed by atoms with Crippen LogP contribution in [-0.2, 0) is 6.42 Å². The Bertz CT molecular complexity index is 422. The molecule has 0 aliphatic heterocycles. The Morgan fingerprint density at radius 1 is 1.53 bits per heavy atom. The molecule has 0 bridgehead atoms. The third-order valence-corrected chi connectivity index (χ3v) is 3.76. The second-order valence-electron chi connectivity index (χ2n) is 5.58. The van der Waals surface area contributed by atoms with Gasteiger partial charge in [0.1, 0.15) is 5.75 Å². The summed E-state index contributed by atoms with van der Waals surface area (Å²) in [5, 5.41) is 10.5. The molecule has 1 heterocycles. The van der Waals surface area contributed by atoms with Gasteiger partial charge in [-0.1, -0.05) is 13.8 Å². The Balaban J connectivity index is 2.82. The maximum absolute atomic E-state index is 10.5. The van der Waals surface area contributed by atoms with Crippen LogP contribution in [-0.4, -0.2) is 28.8 Å². The predicted octanol–water partition coefficient (Wildman–Crippen LogP) is 2.52. The number of halogens is 1. The lowest BCUT2D eigenvalue weighted by molar-refractivity contribution is 0.0254. The lowest BCUT2D eigenvalue weighted by atomic mass is 9.86. The maximum atomic E-state index is 10.5. The van der Waals surface area contributed by atoms with Crippen LogP contribution in [0.25, 0.3) is 0 Å². The largest absolute Gasteiger partial charge is 0.495 e. The molecule has 0 saturated carbocycles. The zero-order valence-electron chi connectivity index (χ0n) is 12.0. The van der Waals surface area contributed by atoms with E-state index >= 15 is 0 Å². The van der Waals surface area contributed by atoms with Crippen LogP contribution in [0.4, 0.5) is 0 Å². The summed E-state index contributed by atoms with van der Waals surface area (Å²) < 4.78 is 6.02. The Hall–Kier alpha value is -0.650. The number of aromatic nitrogens is 1. The molecule has 108 valence electrons. The molecule has 0 saturated heterocycles. The zero-order valence-corrected chi connectivity index (χ0v) is 13.6. The van der Waals surface area contributed by atoms with Crippen molar-refractivity contribution in [2.75, 3.05) is 7.11 Å². The SMILES string of the molecule is COc1cc(CC(C)(O)[C@@H](N)CC(C)C)ncc1Br. The van der Waals surface area contributed by atoms with Crippen molar-refractivity contribution >= 4 is 15.9 Å². The molecule has 0 aliphatic carbocycles. The molecule has 1 rings (SSSR count). The highest BCUT2D eigenvalue weighted by Crippen LogP contribution is 2.26. The third-order valence-electron chi connectivity index (χ3n) is 3.16. The van der Waals surface area contributed by atoms with E-state index in [1.807, 2.05) is 6.07 Å². The summed E-state index contributed by atoms with van der Waals surface area (Å²) in [6, 6.07) is 1.55. The van der Waals surface area contributed by atoms with Gasteiger partial charge in [-0.05, 0) is 35.2 Å². The third kappa shape index (κ3) is 4.75. The van der Waals surface area contributed by atoms with E-state index in [1.54, 1.807) is 20.2 Å². The van der Waals surface area contributed by atoms with Gasteiger partial charge in [-0.2, -0.15) is 0 Å². The molecule has 2 atom stereocenters. The summed E-state index contributed by atoms with van der Waals surface area (Å²) in [4.78, 5) is 4.29. The van der Waals surface area contributed by atoms with Crippen LogP contribution in [0.2, 0.25) is 0 Å². The topological polar surface area (TPSA) is 68.4 Å². The Morgan fingerprint density at radius 2 is 2.16 bits per heavy atom. The molecule has 19 heavy (non-hydrogen) atoms. The molecule has 0 radical (unpaired) electrons. The van der Waals surface area contributed by atoms with Crippen molar-refractivity contribution in [3.05, 3.63) is 22.4 Å². The fourth-order valence-electron chi connectivity index (χ4n) is 1.97. The molecular weight excluding hydrogens is 308 g/mol. The summed E-state index contributed by atoms with van der Waals surface area (Å²) in [5.74, 6) is 1.16. The van der Waals surface area contributed by atoms with E-state index in [0.29, 0.717) is 18.1 Å². The first-order valence-corrected chi connectivity index (χ1v) is 7.22. The molecule has 0 aromatic carbocycles. The minimum Gasteiger partial charge on any atom is -0.495 e. The number of nitrogens with zero attached hydrogens (tertiary/aromatic N) is 1. The van der Waals surface area contributed by atoms with Crippen molar-refractivity contribution in [1.29, 1.82) is 0 Å². The van der Waals surface area contributed by atoms with Crippen LogP contribution in [0.5, 0.6) is 5.75 Å².